The van der Waals surface area contributed by atoms with Crippen LogP contribution in [0.15, 0.2) is 54.6 Å². The van der Waals surface area contributed by atoms with E-state index in [1.165, 1.54) is 0 Å². The molecular formula is C22H25N3O3. The van der Waals surface area contributed by atoms with Gasteiger partial charge in [-0.05, 0) is 31.2 Å². The number of nitrogens with zero attached hydrogens (tertiary/aromatic N) is 2. The summed E-state index contributed by atoms with van der Waals surface area (Å²) >= 11 is 0. The number of piperazine rings is 1. The number of hydrogen-bond acceptors (Lipinski definition) is 3. The zero-order valence-corrected chi connectivity index (χ0v) is 16.1. The standard InChI is InChI=1S/C22H25N3O3/c1-17-6-5-9-19(16-17)21(27)23-11-10-20(26)24-12-14-25(15-13-24)22(28)18-7-3-2-4-8-18/h2-9,16H,10-15H2,1H3,(H,23,27). The summed E-state index contributed by atoms with van der Waals surface area (Å²) in [5.74, 6) is -0.177. The summed E-state index contributed by atoms with van der Waals surface area (Å²) in [7, 11) is 0. The molecule has 3 rings (SSSR count). The van der Waals surface area contributed by atoms with Gasteiger partial charge in [0.15, 0.2) is 0 Å². The van der Waals surface area contributed by atoms with E-state index >= 15 is 0 Å². The molecule has 0 unspecified atom stereocenters. The maximum atomic E-state index is 12.5. The smallest absolute Gasteiger partial charge is 0.253 e. The zero-order valence-electron chi connectivity index (χ0n) is 16.1. The number of carbonyl (C=O) groups is 3. The third kappa shape index (κ3) is 4.97. The van der Waals surface area contributed by atoms with E-state index in [1.54, 1.807) is 28.0 Å². The molecule has 0 saturated carbocycles. The lowest BCUT2D eigenvalue weighted by Crippen LogP contribution is -2.51. The van der Waals surface area contributed by atoms with Crippen LogP contribution in [0, 0.1) is 6.92 Å². The second-order valence-electron chi connectivity index (χ2n) is 6.91. The summed E-state index contributed by atoms with van der Waals surface area (Å²) in [6, 6.07) is 16.5. The van der Waals surface area contributed by atoms with Crippen LogP contribution in [0.2, 0.25) is 0 Å². The van der Waals surface area contributed by atoms with Crippen molar-refractivity contribution in [1.82, 2.24) is 15.1 Å². The molecule has 1 saturated heterocycles. The molecule has 0 bridgehead atoms. The van der Waals surface area contributed by atoms with Crippen LogP contribution < -0.4 is 5.32 Å². The summed E-state index contributed by atoms with van der Waals surface area (Å²) in [4.78, 5) is 40.5. The molecule has 1 aliphatic rings. The number of carbonyl (C=O) groups excluding carboxylic acids is 3. The Bertz CT molecular complexity index is 843. The second kappa shape index (κ2) is 9.17. The van der Waals surface area contributed by atoms with Gasteiger partial charge in [0.1, 0.15) is 0 Å². The van der Waals surface area contributed by atoms with Crippen molar-refractivity contribution in [3.8, 4) is 0 Å². The first kappa shape index (κ1) is 19.6. The lowest BCUT2D eigenvalue weighted by atomic mass is 10.1. The van der Waals surface area contributed by atoms with E-state index in [0.717, 1.165) is 5.56 Å². The Balaban J connectivity index is 1.41. The van der Waals surface area contributed by atoms with Crippen molar-refractivity contribution in [2.24, 2.45) is 0 Å². The fourth-order valence-electron chi connectivity index (χ4n) is 3.25. The monoisotopic (exact) mass is 379 g/mol. The SMILES string of the molecule is Cc1cccc(C(=O)NCCC(=O)N2CCN(C(=O)c3ccccc3)CC2)c1. The summed E-state index contributed by atoms with van der Waals surface area (Å²) in [5.41, 5.74) is 2.29. The Morgan fingerprint density at radius 2 is 1.50 bits per heavy atom. The number of benzene rings is 2. The predicted octanol–water partition coefficient (Wildman–Crippen LogP) is 2.10. The van der Waals surface area contributed by atoms with Crippen molar-refractivity contribution in [3.63, 3.8) is 0 Å². The third-order valence-electron chi connectivity index (χ3n) is 4.85. The summed E-state index contributed by atoms with van der Waals surface area (Å²) in [6.45, 7) is 4.31. The Labute approximate surface area is 165 Å². The quantitative estimate of drug-likeness (QED) is 0.865. The Morgan fingerprint density at radius 1 is 0.857 bits per heavy atom. The Kier molecular flexibility index (Phi) is 6.42. The largest absolute Gasteiger partial charge is 0.352 e. The number of amides is 3. The van der Waals surface area contributed by atoms with Crippen LogP contribution in [0.25, 0.3) is 0 Å². The van der Waals surface area contributed by atoms with Gasteiger partial charge in [0.2, 0.25) is 5.91 Å². The molecule has 1 fully saturated rings. The first-order valence-corrected chi connectivity index (χ1v) is 9.51. The van der Waals surface area contributed by atoms with Gasteiger partial charge in [0.05, 0.1) is 0 Å². The van der Waals surface area contributed by atoms with Crippen LogP contribution in [0.1, 0.15) is 32.7 Å². The molecule has 0 aliphatic carbocycles. The molecule has 6 nitrogen and oxygen atoms in total. The van der Waals surface area contributed by atoms with Gasteiger partial charge in [-0.15, -0.1) is 0 Å². The van der Waals surface area contributed by atoms with E-state index in [1.807, 2.05) is 43.3 Å². The van der Waals surface area contributed by atoms with E-state index < -0.39 is 0 Å². The molecule has 28 heavy (non-hydrogen) atoms. The van der Waals surface area contributed by atoms with E-state index in [9.17, 15) is 14.4 Å². The predicted molar refractivity (Wildman–Crippen MR) is 107 cm³/mol. The van der Waals surface area contributed by atoms with Gasteiger partial charge in [-0.2, -0.15) is 0 Å². The molecule has 0 atom stereocenters. The van der Waals surface area contributed by atoms with Gasteiger partial charge < -0.3 is 15.1 Å². The van der Waals surface area contributed by atoms with Crippen molar-refractivity contribution >= 4 is 17.7 Å². The third-order valence-corrected chi connectivity index (χ3v) is 4.85. The number of nitrogens with one attached hydrogen (secondary N) is 1. The first-order valence-electron chi connectivity index (χ1n) is 9.51. The van der Waals surface area contributed by atoms with Gasteiger partial charge >= 0.3 is 0 Å². The maximum absolute atomic E-state index is 12.5. The van der Waals surface area contributed by atoms with Crippen LogP contribution in [-0.4, -0.2) is 60.2 Å². The van der Waals surface area contributed by atoms with Crippen LogP contribution in [0.3, 0.4) is 0 Å². The molecule has 146 valence electrons. The number of hydrogen-bond donors (Lipinski definition) is 1. The van der Waals surface area contributed by atoms with Crippen LogP contribution in [-0.2, 0) is 4.79 Å². The number of rotatable bonds is 5. The molecule has 1 heterocycles. The van der Waals surface area contributed by atoms with Gasteiger partial charge in [-0.3, -0.25) is 14.4 Å². The normalized spacial score (nSPS) is 13.9. The summed E-state index contributed by atoms with van der Waals surface area (Å²) < 4.78 is 0. The van der Waals surface area contributed by atoms with E-state index in [4.69, 9.17) is 0 Å². The fraction of sp³-hybridized carbons (Fsp3) is 0.318. The minimum atomic E-state index is -0.172. The highest BCUT2D eigenvalue weighted by Gasteiger charge is 2.24. The minimum absolute atomic E-state index is 0.00174. The molecular weight excluding hydrogens is 354 g/mol. The van der Waals surface area contributed by atoms with Crippen molar-refractivity contribution < 1.29 is 14.4 Å². The van der Waals surface area contributed by atoms with E-state index in [0.29, 0.717) is 43.9 Å². The highest BCUT2D eigenvalue weighted by Crippen LogP contribution is 2.10. The van der Waals surface area contributed by atoms with Crippen molar-refractivity contribution in [2.75, 3.05) is 32.7 Å². The van der Waals surface area contributed by atoms with Gasteiger partial charge in [-0.1, -0.05) is 35.9 Å². The van der Waals surface area contributed by atoms with Crippen LogP contribution in [0.5, 0.6) is 0 Å². The van der Waals surface area contributed by atoms with Crippen LogP contribution in [0.4, 0.5) is 0 Å². The maximum Gasteiger partial charge on any atom is 0.253 e. The Hall–Kier alpha value is -3.15. The highest BCUT2D eigenvalue weighted by molar-refractivity contribution is 5.95. The van der Waals surface area contributed by atoms with Crippen LogP contribution >= 0.6 is 0 Å². The molecule has 1 aliphatic heterocycles. The van der Waals surface area contributed by atoms with E-state index in [2.05, 4.69) is 5.32 Å². The average molecular weight is 379 g/mol. The molecule has 0 spiro atoms. The minimum Gasteiger partial charge on any atom is -0.352 e. The Morgan fingerprint density at radius 3 is 2.18 bits per heavy atom. The topological polar surface area (TPSA) is 69.7 Å². The van der Waals surface area contributed by atoms with Crippen molar-refractivity contribution in [3.05, 3.63) is 71.3 Å². The second-order valence-corrected chi connectivity index (χ2v) is 6.91. The molecule has 2 aromatic carbocycles. The summed E-state index contributed by atoms with van der Waals surface area (Å²) in [6.07, 6.45) is 0.254. The van der Waals surface area contributed by atoms with Gasteiger partial charge in [-0.25, -0.2) is 0 Å². The fourth-order valence-corrected chi connectivity index (χ4v) is 3.25. The van der Waals surface area contributed by atoms with Crippen molar-refractivity contribution in [2.45, 2.75) is 13.3 Å². The molecule has 0 radical (unpaired) electrons. The first-order chi connectivity index (χ1) is 13.5. The molecule has 0 aromatic heterocycles. The zero-order chi connectivity index (χ0) is 19.9. The molecule has 6 heteroatoms. The summed E-state index contributed by atoms with van der Waals surface area (Å²) in [5, 5.41) is 2.79. The van der Waals surface area contributed by atoms with Gasteiger partial charge in [0, 0.05) is 50.3 Å². The molecule has 2 aromatic rings. The molecule has 3 amide bonds. The van der Waals surface area contributed by atoms with E-state index in [-0.39, 0.29) is 24.1 Å². The number of aryl methyl sites for hydroxylation is 1. The lowest BCUT2D eigenvalue weighted by molar-refractivity contribution is -0.132. The average Bonchev–Trinajstić information content (AvgIpc) is 2.73. The van der Waals surface area contributed by atoms with Crippen molar-refractivity contribution in [1.29, 1.82) is 0 Å². The lowest BCUT2D eigenvalue weighted by Gasteiger charge is -2.35. The van der Waals surface area contributed by atoms with Gasteiger partial charge in [0.25, 0.3) is 11.8 Å². The highest BCUT2D eigenvalue weighted by atomic mass is 16.2. The molecule has 1 N–H and O–H groups in total.